The first-order valence-corrected chi connectivity index (χ1v) is 10.8. The number of hydrogen-bond donors (Lipinski definition) is 0. The van der Waals surface area contributed by atoms with E-state index < -0.39 is 0 Å². The summed E-state index contributed by atoms with van der Waals surface area (Å²) in [7, 11) is 0. The molecule has 142 valence electrons. The molecule has 1 aliphatic carbocycles. The van der Waals surface area contributed by atoms with E-state index in [1.165, 1.54) is 55.6 Å². The van der Waals surface area contributed by atoms with Gasteiger partial charge in [-0.15, -0.1) is 0 Å². The summed E-state index contributed by atoms with van der Waals surface area (Å²) >= 11 is 0. The van der Waals surface area contributed by atoms with Crippen molar-refractivity contribution in [2.24, 2.45) is 0 Å². The minimum absolute atomic E-state index is 0.605. The maximum atomic E-state index is 2.72. The summed E-state index contributed by atoms with van der Waals surface area (Å²) in [6.45, 7) is 3.63. The normalized spacial score (nSPS) is 20.2. The Labute approximate surface area is 169 Å². The minimum Gasteiger partial charge on any atom is -0.303 e. The number of rotatable bonds is 3. The predicted molar refractivity (Wildman–Crippen MR) is 117 cm³/mol. The maximum Gasteiger partial charge on any atom is 0.00536 e. The molecule has 0 saturated carbocycles. The molecule has 0 N–H and O–H groups in total. The summed E-state index contributed by atoms with van der Waals surface area (Å²) < 4.78 is 0. The average Bonchev–Trinajstić information content (AvgIpc) is 2.91. The molecule has 0 spiro atoms. The second-order valence-electron chi connectivity index (χ2n) is 8.53. The lowest BCUT2D eigenvalue weighted by atomic mass is 9.87. The highest BCUT2D eigenvalue weighted by atomic mass is 15.1. The summed E-state index contributed by atoms with van der Waals surface area (Å²) in [5.41, 5.74) is 7.68. The van der Waals surface area contributed by atoms with Gasteiger partial charge >= 0.3 is 0 Å². The molecule has 0 bridgehead atoms. The summed E-state index contributed by atoms with van der Waals surface area (Å²) in [6, 6.07) is 29.3. The molecule has 1 fully saturated rings. The highest BCUT2D eigenvalue weighted by Gasteiger charge is 2.26. The van der Waals surface area contributed by atoms with Gasteiger partial charge in [0.2, 0.25) is 0 Å². The molecule has 3 aromatic rings. The van der Waals surface area contributed by atoms with Crippen LogP contribution in [0.4, 0.5) is 0 Å². The Bertz CT molecular complexity index is 922. The van der Waals surface area contributed by atoms with Gasteiger partial charge in [-0.2, -0.15) is 0 Å². The van der Waals surface area contributed by atoms with Crippen LogP contribution in [0.5, 0.6) is 0 Å². The molecule has 0 aromatic heterocycles. The van der Waals surface area contributed by atoms with Crippen LogP contribution >= 0.6 is 0 Å². The van der Waals surface area contributed by atoms with Crippen molar-refractivity contribution in [1.29, 1.82) is 0 Å². The van der Waals surface area contributed by atoms with E-state index in [-0.39, 0.29) is 0 Å². The van der Waals surface area contributed by atoms with Gasteiger partial charge in [0.05, 0.1) is 0 Å². The number of fused-ring (bicyclic) bond motifs is 2. The number of piperidine rings is 1. The molecular formula is C27H29N. The van der Waals surface area contributed by atoms with Crippen LogP contribution in [0.1, 0.15) is 52.5 Å². The highest BCUT2D eigenvalue weighted by molar-refractivity contribution is 5.42. The van der Waals surface area contributed by atoms with Gasteiger partial charge in [0.25, 0.3) is 0 Å². The number of benzene rings is 3. The molecule has 2 aliphatic rings. The maximum absolute atomic E-state index is 2.72. The smallest absolute Gasteiger partial charge is 0.00536 e. The zero-order chi connectivity index (χ0) is 18.8. The van der Waals surface area contributed by atoms with E-state index in [1.807, 2.05) is 0 Å². The molecule has 1 aliphatic heterocycles. The fourth-order valence-electron chi connectivity index (χ4n) is 5.25. The first-order valence-electron chi connectivity index (χ1n) is 10.8. The molecular weight excluding hydrogens is 338 g/mol. The van der Waals surface area contributed by atoms with Gasteiger partial charge in [0.15, 0.2) is 0 Å². The van der Waals surface area contributed by atoms with E-state index >= 15 is 0 Å². The standard InChI is InChI=1S/C27H29N/c1-2-8-21(9-3-1)22-14-16-28(17-15-22)20-26-19-24-11-5-4-10-23(24)18-25-12-6-7-13-27(25)26/h1-13,22,26H,14-20H2. The predicted octanol–water partition coefficient (Wildman–Crippen LogP) is 5.80. The Morgan fingerprint density at radius 3 is 2.11 bits per heavy atom. The Morgan fingerprint density at radius 2 is 1.32 bits per heavy atom. The van der Waals surface area contributed by atoms with Gasteiger partial charge in [-0.3, -0.25) is 0 Å². The second-order valence-corrected chi connectivity index (χ2v) is 8.53. The summed E-state index contributed by atoms with van der Waals surface area (Å²) in [6.07, 6.45) is 4.83. The Morgan fingerprint density at radius 1 is 0.679 bits per heavy atom. The van der Waals surface area contributed by atoms with Gasteiger partial charge in [0, 0.05) is 12.5 Å². The average molecular weight is 368 g/mol. The lowest BCUT2D eigenvalue weighted by Gasteiger charge is -2.35. The van der Waals surface area contributed by atoms with Crippen molar-refractivity contribution in [2.75, 3.05) is 19.6 Å². The zero-order valence-corrected chi connectivity index (χ0v) is 16.6. The lowest BCUT2D eigenvalue weighted by Crippen LogP contribution is -2.36. The first kappa shape index (κ1) is 17.7. The fourth-order valence-corrected chi connectivity index (χ4v) is 5.25. The van der Waals surface area contributed by atoms with Crippen LogP contribution in [0.15, 0.2) is 78.9 Å². The van der Waals surface area contributed by atoms with Crippen LogP contribution in [-0.2, 0) is 12.8 Å². The number of hydrogen-bond acceptors (Lipinski definition) is 1. The summed E-state index contributed by atoms with van der Waals surface area (Å²) in [4.78, 5) is 2.72. The van der Waals surface area contributed by atoms with Crippen molar-refractivity contribution in [2.45, 2.75) is 37.5 Å². The third-order valence-electron chi connectivity index (χ3n) is 6.80. The van der Waals surface area contributed by atoms with E-state index in [4.69, 9.17) is 0 Å². The molecule has 0 amide bonds. The molecule has 0 radical (unpaired) electrons. The second kappa shape index (κ2) is 7.93. The SMILES string of the molecule is c1ccc(C2CCN(CC3Cc4ccccc4Cc4ccccc43)CC2)cc1. The van der Waals surface area contributed by atoms with E-state index in [2.05, 4.69) is 83.8 Å². The van der Waals surface area contributed by atoms with Crippen molar-refractivity contribution in [3.8, 4) is 0 Å². The third-order valence-corrected chi connectivity index (χ3v) is 6.80. The molecule has 1 atom stereocenters. The molecule has 3 aromatic carbocycles. The Kier molecular flexibility index (Phi) is 5.01. The van der Waals surface area contributed by atoms with Crippen molar-refractivity contribution in [1.82, 2.24) is 4.90 Å². The van der Waals surface area contributed by atoms with Gasteiger partial charge in [0.1, 0.15) is 0 Å². The van der Waals surface area contributed by atoms with Crippen LogP contribution in [0.2, 0.25) is 0 Å². The molecule has 1 heteroatoms. The van der Waals surface area contributed by atoms with Crippen LogP contribution in [0.25, 0.3) is 0 Å². The molecule has 1 saturated heterocycles. The summed E-state index contributed by atoms with van der Waals surface area (Å²) in [5, 5.41) is 0. The van der Waals surface area contributed by atoms with Gasteiger partial charge < -0.3 is 4.90 Å². The summed E-state index contributed by atoms with van der Waals surface area (Å²) in [5.74, 6) is 1.34. The van der Waals surface area contributed by atoms with Crippen LogP contribution in [0.3, 0.4) is 0 Å². The number of likely N-dealkylation sites (tertiary alicyclic amines) is 1. The molecule has 1 nitrogen and oxygen atoms in total. The topological polar surface area (TPSA) is 3.24 Å². The lowest BCUT2D eigenvalue weighted by molar-refractivity contribution is 0.200. The fraction of sp³-hybridized carbons (Fsp3) is 0.333. The Hall–Kier alpha value is -2.38. The monoisotopic (exact) mass is 367 g/mol. The van der Waals surface area contributed by atoms with Crippen molar-refractivity contribution in [3.63, 3.8) is 0 Å². The number of nitrogens with zero attached hydrogens (tertiary/aromatic N) is 1. The van der Waals surface area contributed by atoms with Crippen LogP contribution < -0.4 is 0 Å². The quantitative estimate of drug-likeness (QED) is 0.566. The van der Waals surface area contributed by atoms with Crippen molar-refractivity contribution in [3.05, 3.63) is 107 Å². The zero-order valence-electron chi connectivity index (χ0n) is 16.6. The van der Waals surface area contributed by atoms with Gasteiger partial charge in [-0.05, 0) is 72.5 Å². The van der Waals surface area contributed by atoms with Gasteiger partial charge in [-0.25, -0.2) is 0 Å². The third kappa shape index (κ3) is 3.64. The Balaban J connectivity index is 1.32. The molecule has 5 rings (SSSR count). The molecule has 28 heavy (non-hydrogen) atoms. The first-order chi connectivity index (χ1) is 13.9. The van der Waals surface area contributed by atoms with Crippen molar-refractivity contribution >= 4 is 0 Å². The molecule has 1 unspecified atom stereocenters. The van der Waals surface area contributed by atoms with Crippen LogP contribution in [0, 0.1) is 0 Å². The van der Waals surface area contributed by atoms with E-state index in [0.29, 0.717) is 5.92 Å². The van der Waals surface area contributed by atoms with Crippen molar-refractivity contribution < 1.29 is 0 Å². The van der Waals surface area contributed by atoms with E-state index in [0.717, 1.165) is 12.3 Å². The molecule has 1 heterocycles. The largest absolute Gasteiger partial charge is 0.303 e. The van der Waals surface area contributed by atoms with E-state index in [9.17, 15) is 0 Å². The van der Waals surface area contributed by atoms with Gasteiger partial charge in [-0.1, -0.05) is 78.9 Å². The highest BCUT2D eigenvalue weighted by Crippen LogP contribution is 2.34. The minimum atomic E-state index is 0.605. The van der Waals surface area contributed by atoms with Crippen LogP contribution in [-0.4, -0.2) is 24.5 Å². The van der Waals surface area contributed by atoms with E-state index in [1.54, 1.807) is 11.1 Å².